The molecular formula is C12H15N5O4. The molecule has 0 aromatic carbocycles. The van der Waals surface area contributed by atoms with Crippen molar-refractivity contribution in [1.29, 1.82) is 0 Å². The van der Waals surface area contributed by atoms with Gasteiger partial charge in [-0.15, -0.1) is 0 Å². The van der Waals surface area contributed by atoms with E-state index in [9.17, 15) is 15.3 Å². The van der Waals surface area contributed by atoms with E-state index in [0.717, 1.165) is 0 Å². The van der Waals surface area contributed by atoms with Gasteiger partial charge in [-0.1, -0.05) is 0 Å². The van der Waals surface area contributed by atoms with Crippen LogP contribution in [-0.2, 0) is 4.74 Å². The molecule has 21 heavy (non-hydrogen) atoms. The van der Waals surface area contributed by atoms with Gasteiger partial charge in [0.05, 0.1) is 6.33 Å². The van der Waals surface area contributed by atoms with Crippen LogP contribution in [0.1, 0.15) is 12.6 Å². The summed E-state index contributed by atoms with van der Waals surface area (Å²) in [6.07, 6.45) is 0.257. The van der Waals surface area contributed by atoms with Crippen molar-refractivity contribution in [2.45, 2.75) is 30.5 Å². The summed E-state index contributed by atoms with van der Waals surface area (Å²) in [5.74, 6) is 0.0720. The molecule has 2 aromatic heterocycles. The summed E-state index contributed by atoms with van der Waals surface area (Å²) in [4.78, 5) is 12.1. The molecule has 3 heterocycles. The fourth-order valence-corrected chi connectivity index (χ4v) is 3.14. The number of nitrogens with zero attached hydrogens (tertiary/aromatic N) is 4. The van der Waals surface area contributed by atoms with Crippen LogP contribution in [-0.4, -0.2) is 59.3 Å². The molecule has 112 valence electrons. The molecule has 0 amide bonds. The molecule has 9 nitrogen and oxygen atoms in total. The molecule has 4 rings (SSSR count). The van der Waals surface area contributed by atoms with E-state index in [-0.39, 0.29) is 18.3 Å². The van der Waals surface area contributed by atoms with E-state index in [0.29, 0.717) is 17.6 Å². The van der Waals surface area contributed by atoms with Gasteiger partial charge in [0, 0.05) is 12.5 Å². The Morgan fingerprint density at radius 1 is 1.38 bits per heavy atom. The molecule has 1 saturated carbocycles. The maximum absolute atomic E-state index is 10.3. The second-order valence-electron chi connectivity index (χ2n) is 5.57. The Labute approximate surface area is 119 Å². The monoisotopic (exact) mass is 293 g/mol. The Morgan fingerprint density at radius 3 is 2.90 bits per heavy atom. The van der Waals surface area contributed by atoms with Crippen LogP contribution in [0.3, 0.4) is 0 Å². The van der Waals surface area contributed by atoms with Crippen molar-refractivity contribution in [3.8, 4) is 0 Å². The zero-order valence-corrected chi connectivity index (χ0v) is 11.0. The van der Waals surface area contributed by atoms with Gasteiger partial charge in [-0.3, -0.25) is 4.57 Å². The van der Waals surface area contributed by atoms with E-state index in [1.807, 2.05) is 0 Å². The van der Waals surface area contributed by atoms with Crippen LogP contribution in [0.25, 0.3) is 11.2 Å². The predicted molar refractivity (Wildman–Crippen MR) is 69.8 cm³/mol. The number of ether oxygens (including phenoxy) is 1. The van der Waals surface area contributed by atoms with Crippen LogP contribution < -0.4 is 5.73 Å². The van der Waals surface area contributed by atoms with Gasteiger partial charge in [-0.25, -0.2) is 15.0 Å². The largest absolute Gasteiger partial charge is 0.396 e. The Bertz CT molecular complexity index is 706. The highest BCUT2D eigenvalue weighted by atomic mass is 16.6. The molecule has 0 bridgehead atoms. The highest BCUT2D eigenvalue weighted by Crippen LogP contribution is 2.57. The lowest BCUT2D eigenvalue weighted by Gasteiger charge is -2.16. The van der Waals surface area contributed by atoms with Crippen LogP contribution in [0.5, 0.6) is 0 Å². The number of hydrogen-bond donors (Lipinski definition) is 4. The van der Waals surface area contributed by atoms with Crippen molar-refractivity contribution in [2.24, 2.45) is 5.92 Å². The number of aromatic nitrogens is 4. The minimum absolute atomic E-state index is 0.0870. The SMILES string of the molecule is Nc1ncnc2c1ncn2[C@@H]1O[C@]2(C[C@@H]2CO)C(O)C1O. The summed E-state index contributed by atoms with van der Waals surface area (Å²) in [7, 11) is 0. The quantitative estimate of drug-likeness (QED) is 0.519. The normalized spacial score (nSPS) is 38.4. The summed E-state index contributed by atoms with van der Waals surface area (Å²) in [5.41, 5.74) is 5.69. The molecule has 5 N–H and O–H groups in total. The summed E-state index contributed by atoms with van der Waals surface area (Å²) < 4.78 is 7.37. The molecule has 0 radical (unpaired) electrons. The second kappa shape index (κ2) is 4.10. The fraction of sp³-hybridized carbons (Fsp3) is 0.583. The van der Waals surface area contributed by atoms with Crippen molar-refractivity contribution < 1.29 is 20.1 Å². The first-order chi connectivity index (χ1) is 10.1. The van der Waals surface area contributed by atoms with Gasteiger partial charge in [0.2, 0.25) is 0 Å². The highest BCUT2D eigenvalue weighted by Gasteiger charge is 2.68. The van der Waals surface area contributed by atoms with Crippen molar-refractivity contribution in [1.82, 2.24) is 19.5 Å². The molecule has 1 saturated heterocycles. The Hall–Kier alpha value is -1.81. The molecule has 2 aromatic rings. The number of aliphatic hydroxyl groups excluding tert-OH is 3. The number of rotatable bonds is 2. The summed E-state index contributed by atoms with van der Waals surface area (Å²) in [6, 6.07) is 0. The lowest BCUT2D eigenvalue weighted by atomic mass is 10.1. The summed E-state index contributed by atoms with van der Waals surface area (Å²) in [6.45, 7) is -0.0870. The predicted octanol–water partition coefficient (Wildman–Crippen LogP) is -1.59. The lowest BCUT2D eigenvalue weighted by molar-refractivity contribution is -0.0563. The standard InChI is InChI=1S/C12H15N5O4/c13-9-6-10(15-3-14-9)17(4-16-6)11-7(19)8(20)12(21-11)1-5(12)2-18/h3-5,7-8,11,18-20H,1-2H2,(H2,13,14,15)/t5-,7?,8?,11-,12+/m1/s1. The molecule has 5 atom stereocenters. The third-order valence-corrected chi connectivity index (χ3v) is 4.43. The Balaban J connectivity index is 1.75. The van der Waals surface area contributed by atoms with Gasteiger partial charge in [-0.2, -0.15) is 0 Å². The van der Waals surface area contributed by atoms with Gasteiger partial charge in [-0.05, 0) is 6.42 Å². The van der Waals surface area contributed by atoms with Crippen molar-refractivity contribution in [2.75, 3.05) is 12.3 Å². The zero-order chi connectivity index (χ0) is 14.8. The van der Waals surface area contributed by atoms with E-state index in [2.05, 4.69) is 15.0 Å². The maximum Gasteiger partial charge on any atom is 0.167 e. The number of nitrogens with two attached hydrogens (primary N) is 1. The van der Waals surface area contributed by atoms with Gasteiger partial charge >= 0.3 is 0 Å². The van der Waals surface area contributed by atoms with E-state index in [1.165, 1.54) is 17.2 Å². The van der Waals surface area contributed by atoms with Crippen LogP contribution >= 0.6 is 0 Å². The van der Waals surface area contributed by atoms with Crippen LogP contribution in [0.4, 0.5) is 5.82 Å². The number of nitrogen functional groups attached to an aromatic ring is 1. The number of fused-ring (bicyclic) bond motifs is 1. The topological polar surface area (TPSA) is 140 Å². The minimum atomic E-state index is -1.13. The Morgan fingerprint density at radius 2 is 2.19 bits per heavy atom. The molecule has 2 fully saturated rings. The molecule has 2 aliphatic rings. The summed E-state index contributed by atoms with van der Waals surface area (Å²) in [5, 5.41) is 29.7. The van der Waals surface area contributed by atoms with Gasteiger partial charge < -0.3 is 25.8 Å². The number of aliphatic hydroxyl groups is 3. The lowest BCUT2D eigenvalue weighted by Crippen LogP contribution is -2.34. The minimum Gasteiger partial charge on any atom is -0.396 e. The third kappa shape index (κ3) is 1.57. The van der Waals surface area contributed by atoms with Crippen LogP contribution in [0, 0.1) is 5.92 Å². The molecule has 2 unspecified atom stereocenters. The van der Waals surface area contributed by atoms with Crippen LogP contribution in [0.15, 0.2) is 12.7 Å². The average molecular weight is 293 g/mol. The maximum atomic E-state index is 10.3. The second-order valence-corrected chi connectivity index (χ2v) is 5.57. The molecule has 9 heteroatoms. The molecule has 1 aliphatic carbocycles. The first-order valence-electron chi connectivity index (χ1n) is 6.66. The first-order valence-corrected chi connectivity index (χ1v) is 6.66. The smallest absolute Gasteiger partial charge is 0.167 e. The first kappa shape index (κ1) is 12.9. The van der Waals surface area contributed by atoms with E-state index in [4.69, 9.17) is 10.5 Å². The fourth-order valence-electron chi connectivity index (χ4n) is 3.14. The van der Waals surface area contributed by atoms with Gasteiger partial charge in [0.25, 0.3) is 0 Å². The van der Waals surface area contributed by atoms with Crippen molar-refractivity contribution in [3.05, 3.63) is 12.7 Å². The average Bonchev–Trinajstić information content (AvgIpc) is 2.94. The zero-order valence-electron chi connectivity index (χ0n) is 11.0. The third-order valence-electron chi connectivity index (χ3n) is 4.43. The van der Waals surface area contributed by atoms with Crippen molar-refractivity contribution in [3.63, 3.8) is 0 Å². The number of anilines is 1. The van der Waals surface area contributed by atoms with Gasteiger partial charge in [0.15, 0.2) is 17.7 Å². The van der Waals surface area contributed by atoms with E-state index >= 15 is 0 Å². The summed E-state index contributed by atoms with van der Waals surface area (Å²) >= 11 is 0. The van der Waals surface area contributed by atoms with Gasteiger partial charge in [0.1, 0.15) is 29.7 Å². The molecule has 1 aliphatic heterocycles. The number of imidazole rings is 1. The van der Waals surface area contributed by atoms with E-state index in [1.54, 1.807) is 0 Å². The highest BCUT2D eigenvalue weighted by molar-refractivity contribution is 5.81. The van der Waals surface area contributed by atoms with E-state index < -0.39 is 24.0 Å². The molecular weight excluding hydrogens is 278 g/mol. The van der Waals surface area contributed by atoms with Crippen LogP contribution in [0.2, 0.25) is 0 Å². The Kier molecular flexibility index (Phi) is 2.52. The molecule has 1 spiro atoms. The number of hydrogen-bond acceptors (Lipinski definition) is 8. The van der Waals surface area contributed by atoms with Crippen molar-refractivity contribution >= 4 is 17.0 Å².